The van der Waals surface area contributed by atoms with E-state index in [4.69, 9.17) is 0 Å². The molecule has 0 aromatic heterocycles. The highest BCUT2D eigenvalue weighted by Gasteiger charge is 2.44. The Hall–Kier alpha value is -2.30. The van der Waals surface area contributed by atoms with Gasteiger partial charge in [0, 0.05) is 12.1 Å². The average molecular weight is 304 g/mol. The van der Waals surface area contributed by atoms with E-state index in [0.717, 1.165) is 5.56 Å². The van der Waals surface area contributed by atoms with Gasteiger partial charge in [-0.2, -0.15) is 13.2 Å². The first-order valence-corrected chi connectivity index (χ1v) is 7.03. The van der Waals surface area contributed by atoms with Crippen LogP contribution in [-0.2, 0) is 6.54 Å². The topological polar surface area (TPSA) is 15.6 Å². The molecule has 22 heavy (non-hydrogen) atoms. The van der Waals surface area contributed by atoms with E-state index in [9.17, 15) is 13.2 Å². The van der Waals surface area contributed by atoms with Gasteiger partial charge in [-0.15, -0.1) is 0 Å². The van der Waals surface area contributed by atoms with E-state index in [1.54, 1.807) is 29.2 Å². The number of benzene rings is 2. The van der Waals surface area contributed by atoms with Crippen LogP contribution in [0.5, 0.6) is 0 Å². The second-order valence-electron chi connectivity index (χ2n) is 5.24. The fourth-order valence-electron chi connectivity index (χ4n) is 2.53. The molecule has 0 N–H and O–H groups in total. The molecular formula is C17H15F3N2. The van der Waals surface area contributed by atoms with Crippen molar-refractivity contribution in [3.05, 3.63) is 71.8 Å². The van der Waals surface area contributed by atoms with Crippen LogP contribution in [0.3, 0.4) is 0 Å². The molecule has 0 fully saturated rings. The number of alkyl halides is 3. The summed E-state index contributed by atoms with van der Waals surface area (Å²) in [6.45, 7) is 0.282. The molecule has 1 unspecified atom stereocenters. The van der Waals surface area contributed by atoms with Crippen LogP contribution in [0.2, 0.25) is 0 Å². The first-order chi connectivity index (χ1) is 10.5. The number of nitrogens with zero attached hydrogens (tertiary/aromatic N) is 2. The highest BCUT2D eigenvalue weighted by Crippen LogP contribution is 2.29. The second kappa shape index (κ2) is 5.83. The smallest absolute Gasteiger partial charge is 0.350 e. The molecule has 5 heteroatoms. The van der Waals surface area contributed by atoms with Crippen molar-refractivity contribution in [2.45, 2.75) is 18.8 Å². The fraction of sp³-hybridized carbons (Fsp3) is 0.235. The van der Waals surface area contributed by atoms with E-state index >= 15 is 0 Å². The van der Waals surface area contributed by atoms with Crippen LogP contribution in [0, 0.1) is 0 Å². The van der Waals surface area contributed by atoms with Gasteiger partial charge in [0.1, 0.15) is 5.84 Å². The minimum atomic E-state index is -4.31. The molecule has 0 aliphatic carbocycles. The molecule has 1 heterocycles. The normalized spacial score (nSPS) is 18.4. The molecule has 3 rings (SSSR count). The van der Waals surface area contributed by atoms with E-state index in [1.807, 2.05) is 36.4 Å². The Bertz CT molecular complexity index is 651. The van der Waals surface area contributed by atoms with Gasteiger partial charge in [-0.25, -0.2) is 0 Å². The van der Waals surface area contributed by atoms with Crippen LogP contribution in [0.4, 0.5) is 13.2 Å². The molecule has 2 nitrogen and oxygen atoms in total. The molecule has 0 radical (unpaired) electrons. The van der Waals surface area contributed by atoms with Gasteiger partial charge in [0.15, 0.2) is 6.04 Å². The van der Waals surface area contributed by atoms with Gasteiger partial charge < -0.3 is 4.90 Å². The Kier molecular flexibility index (Phi) is 3.88. The van der Waals surface area contributed by atoms with Crippen molar-refractivity contribution in [3.8, 4) is 0 Å². The molecular weight excluding hydrogens is 289 g/mol. The number of rotatable bonds is 3. The SMILES string of the molecule is FC(F)(F)C1CN(Cc2ccccc2)C(c2ccccc2)=N1. The third-order valence-electron chi connectivity index (χ3n) is 3.60. The van der Waals surface area contributed by atoms with Crippen molar-refractivity contribution in [1.82, 2.24) is 4.90 Å². The lowest BCUT2D eigenvalue weighted by Gasteiger charge is -2.21. The largest absolute Gasteiger partial charge is 0.412 e. The lowest BCUT2D eigenvalue weighted by atomic mass is 10.1. The van der Waals surface area contributed by atoms with E-state index < -0.39 is 12.2 Å². The van der Waals surface area contributed by atoms with Gasteiger partial charge in [-0.3, -0.25) is 4.99 Å². The first kappa shape index (κ1) is 14.6. The van der Waals surface area contributed by atoms with E-state index in [-0.39, 0.29) is 6.54 Å². The van der Waals surface area contributed by atoms with Crippen LogP contribution < -0.4 is 0 Å². The summed E-state index contributed by atoms with van der Waals surface area (Å²) in [4.78, 5) is 5.62. The lowest BCUT2D eigenvalue weighted by molar-refractivity contribution is -0.146. The Balaban J connectivity index is 1.90. The molecule has 2 aromatic carbocycles. The molecule has 1 aliphatic rings. The van der Waals surface area contributed by atoms with Gasteiger partial charge >= 0.3 is 6.18 Å². The van der Waals surface area contributed by atoms with E-state index in [2.05, 4.69) is 4.99 Å². The maximum atomic E-state index is 13.0. The molecule has 0 saturated carbocycles. The molecule has 1 atom stereocenters. The summed E-state index contributed by atoms with van der Waals surface area (Å²) in [5, 5.41) is 0. The highest BCUT2D eigenvalue weighted by molar-refractivity contribution is 6.00. The van der Waals surface area contributed by atoms with Crippen molar-refractivity contribution in [2.24, 2.45) is 4.99 Å². The van der Waals surface area contributed by atoms with Crippen LogP contribution in [0.1, 0.15) is 11.1 Å². The maximum Gasteiger partial charge on any atom is 0.412 e. The molecule has 0 spiro atoms. The van der Waals surface area contributed by atoms with Crippen molar-refractivity contribution in [1.29, 1.82) is 0 Å². The first-order valence-electron chi connectivity index (χ1n) is 7.03. The zero-order chi connectivity index (χ0) is 15.6. The number of halogens is 3. The zero-order valence-corrected chi connectivity index (χ0v) is 11.8. The van der Waals surface area contributed by atoms with Gasteiger partial charge in [-0.1, -0.05) is 60.7 Å². The predicted molar refractivity (Wildman–Crippen MR) is 79.7 cm³/mol. The van der Waals surface area contributed by atoms with Crippen molar-refractivity contribution in [2.75, 3.05) is 6.54 Å². The maximum absolute atomic E-state index is 13.0. The molecule has 1 aliphatic heterocycles. The quantitative estimate of drug-likeness (QED) is 0.840. The number of hydrogen-bond donors (Lipinski definition) is 0. The summed E-state index contributed by atoms with van der Waals surface area (Å²) in [6, 6.07) is 16.8. The van der Waals surface area contributed by atoms with Crippen molar-refractivity contribution >= 4 is 5.84 Å². The van der Waals surface area contributed by atoms with Gasteiger partial charge in [0.2, 0.25) is 0 Å². The summed E-state index contributed by atoms with van der Waals surface area (Å²) in [6.07, 6.45) is -4.31. The Labute approximate surface area is 126 Å². The summed E-state index contributed by atoms with van der Waals surface area (Å²) in [5.41, 5.74) is 1.68. The standard InChI is InChI=1S/C17H15F3N2/c18-17(19,20)15-12-22(11-13-7-3-1-4-8-13)16(21-15)14-9-5-2-6-10-14/h1-10,15H,11-12H2. The van der Waals surface area contributed by atoms with Crippen molar-refractivity contribution < 1.29 is 13.2 Å². The van der Waals surface area contributed by atoms with E-state index in [1.165, 1.54) is 0 Å². The van der Waals surface area contributed by atoms with Gasteiger partial charge in [0.25, 0.3) is 0 Å². The summed E-state index contributed by atoms with van der Waals surface area (Å²) in [7, 11) is 0. The molecule has 0 saturated heterocycles. The van der Waals surface area contributed by atoms with Gasteiger partial charge in [-0.05, 0) is 5.56 Å². The minimum absolute atomic E-state index is 0.136. The molecule has 0 bridgehead atoms. The summed E-state index contributed by atoms with van der Waals surface area (Å²) in [5.74, 6) is 0.409. The fourth-order valence-corrected chi connectivity index (χ4v) is 2.53. The summed E-state index contributed by atoms with van der Waals surface area (Å²) >= 11 is 0. The molecule has 0 amide bonds. The predicted octanol–water partition coefficient (Wildman–Crippen LogP) is 3.88. The number of hydrogen-bond acceptors (Lipinski definition) is 2. The monoisotopic (exact) mass is 304 g/mol. The lowest BCUT2D eigenvalue weighted by Crippen LogP contribution is -2.34. The number of aliphatic imine (C=N–C) groups is 1. The average Bonchev–Trinajstić information content (AvgIpc) is 2.93. The molecule has 114 valence electrons. The zero-order valence-electron chi connectivity index (χ0n) is 11.8. The summed E-state index contributed by atoms with van der Waals surface area (Å²) < 4.78 is 39.1. The second-order valence-corrected chi connectivity index (χ2v) is 5.24. The number of amidine groups is 1. The Morgan fingerprint density at radius 3 is 2.14 bits per heavy atom. The Morgan fingerprint density at radius 2 is 1.55 bits per heavy atom. The molecule has 2 aromatic rings. The highest BCUT2D eigenvalue weighted by atomic mass is 19.4. The van der Waals surface area contributed by atoms with Crippen LogP contribution >= 0.6 is 0 Å². The van der Waals surface area contributed by atoms with Crippen molar-refractivity contribution in [3.63, 3.8) is 0 Å². The van der Waals surface area contributed by atoms with Gasteiger partial charge in [0.05, 0.1) is 6.54 Å². The third kappa shape index (κ3) is 3.13. The van der Waals surface area contributed by atoms with Crippen LogP contribution in [0.25, 0.3) is 0 Å². The van der Waals surface area contributed by atoms with E-state index in [0.29, 0.717) is 17.9 Å². The van der Waals surface area contributed by atoms with Crippen LogP contribution in [0.15, 0.2) is 65.7 Å². The Morgan fingerprint density at radius 1 is 0.955 bits per heavy atom. The van der Waals surface area contributed by atoms with Crippen LogP contribution in [-0.4, -0.2) is 29.5 Å². The minimum Gasteiger partial charge on any atom is -0.350 e. The third-order valence-corrected chi connectivity index (χ3v) is 3.60.